The van der Waals surface area contributed by atoms with Crippen molar-refractivity contribution in [2.75, 3.05) is 6.54 Å². The Morgan fingerprint density at radius 1 is 1.09 bits per heavy atom. The van der Waals surface area contributed by atoms with Gasteiger partial charge in [-0.15, -0.1) is 0 Å². The zero-order valence-electron chi connectivity index (χ0n) is 14.7. The molecule has 0 unspecified atom stereocenters. The molecule has 1 aliphatic heterocycles. The number of nitrogens with zero attached hydrogens (tertiary/aromatic N) is 1. The summed E-state index contributed by atoms with van der Waals surface area (Å²) in [7, 11) is 0. The van der Waals surface area contributed by atoms with Gasteiger partial charge in [-0.3, -0.25) is 0 Å². The molecule has 2 aliphatic rings. The molecule has 1 aromatic heterocycles. The highest BCUT2D eigenvalue weighted by molar-refractivity contribution is 5.51. The number of fused-ring (bicyclic) bond motifs is 2. The summed E-state index contributed by atoms with van der Waals surface area (Å²) in [6.45, 7) is 8.21. The maximum Gasteiger partial charge on any atom is 0.0481 e. The molecule has 122 valence electrons. The second-order valence-electron chi connectivity index (χ2n) is 7.49. The highest BCUT2D eigenvalue weighted by Gasteiger charge is 2.45. The third kappa shape index (κ3) is 2.11. The molecule has 2 nitrogen and oxygen atoms in total. The fraction of sp³-hybridized carbons (Fsp3) is 0.524. The van der Waals surface area contributed by atoms with Crippen LogP contribution in [0.25, 0.3) is 5.69 Å². The quantitative estimate of drug-likeness (QED) is 0.811. The summed E-state index contributed by atoms with van der Waals surface area (Å²) in [5.41, 5.74) is 7.64. The van der Waals surface area contributed by atoms with Gasteiger partial charge in [-0.2, -0.15) is 0 Å². The maximum atomic E-state index is 3.96. The Morgan fingerprint density at radius 2 is 1.87 bits per heavy atom. The van der Waals surface area contributed by atoms with Gasteiger partial charge in [0.2, 0.25) is 0 Å². The third-order valence-corrected chi connectivity index (χ3v) is 6.35. The van der Waals surface area contributed by atoms with Gasteiger partial charge < -0.3 is 9.88 Å². The van der Waals surface area contributed by atoms with E-state index in [-0.39, 0.29) is 5.54 Å². The van der Waals surface area contributed by atoms with E-state index in [1.807, 2.05) is 0 Å². The van der Waals surface area contributed by atoms with Crippen molar-refractivity contribution in [1.29, 1.82) is 0 Å². The highest BCUT2D eigenvalue weighted by atomic mass is 15.1. The summed E-state index contributed by atoms with van der Waals surface area (Å²) < 4.78 is 2.49. The number of para-hydroxylation sites is 1. The van der Waals surface area contributed by atoms with Crippen molar-refractivity contribution in [3.63, 3.8) is 0 Å². The van der Waals surface area contributed by atoms with Crippen LogP contribution in [0.2, 0.25) is 0 Å². The van der Waals surface area contributed by atoms with E-state index in [1.165, 1.54) is 42.8 Å². The van der Waals surface area contributed by atoms with E-state index in [9.17, 15) is 0 Å². The number of benzene rings is 1. The monoisotopic (exact) mass is 308 g/mol. The Morgan fingerprint density at radius 3 is 2.61 bits per heavy atom. The molecule has 0 radical (unpaired) electrons. The van der Waals surface area contributed by atoms with Gasteiger partial charge in [0.25, 0.3) is 0 Å². The minimum absolute atomic E-state index is 0.209. The van der Waals surface area contributed by atoms with Gasteiger partial charge in [-0.25, -0.2) is 0 Å². The first-order chi connectivity index (χ1) is 11.1. The maximum absolute atomic E-state index is 3.96. The lowest BCUT2D eigenvalue weighted by Crippen LogP contribution is -2.53. The SMILES string of the molecule is Cc1c2c(c(C)n1-c1ccccc1)[C@]1(CCCC[C@@H]1C)NCC2. The van der Waals surface area contributed by atoms with E-state index in [0.29, 0.717) is 0 Å². The number of hydrogen-bond acceptors (Lipinski definition) is 1. The summed E-state index contributed by atoms with van der Waals surface area (Å²) >= 11 is 0. The lowest BCUT2D eigenvalue weighted by atomic mass is 9.67. The van der Waals surface area contributed by atoms with Crippen molar-refractivity contribution in [2.24, 2.45) is 5.92 Å². The molecule has 23 heavy (non-hydrogen) atoms. The molecular formula is C21H28N2. The average molecular weight is 308 g/mol. The molecule has 0 bridgehead atoms. The minimum atomic E-state index is 0.209. The molecule has 1 spiro atoms. The van der Waals surface area contributed by atoms with E-state index >= 15 is 0 Å². The van der Waals surface area contributed by atoms with E-state index in [0.717, 1.165) is 18.9 Å². The van der Waals surface area contributed by atoms with Crippen molar-refractivity contribution in [2.45, 2.75) is 58.4 Å². The molecule has 1 aliphatic carbocycles. The van der Waals surface area contributed by atoms with E-state index in [4.69, 9.17) is 0 Å². The van der Waals surface area contributed by atoms with Crippen LogP contribution in [-0.2, 0) is 12.0 Å². The summed E-state index contributed by atoms with van der Waals surface area (Å²) in [6.07, 6.45) is 6.54. The molecule has 1 saturated carbocycles. The van der Waals surface area contributed by atoms with Crippen molar-refractivity contribution in [1.82, 2.24) is 9.88 Å². The van der Waals surface area contributed by atoms with E-state index in [1.54, 1.807) is 11.1 Å². The first-order valence-electron chi connectivity index (χ1n) is 9.17. The Balaban J connectivity index is 1.94. The first kappa shape index (κ1) is 15.0. The van der Waals surface area contributed by atoms with Crippen LogP contribution in [-0.4, -0.2) is 11.1 Å². The Bertz CT molecular complexity index is 713. The van der Waals surface area contributed by atoms with Crippen LogP contribution in [0.4, 0.5) is 0 Å². The number of rotatable bonds is 1. The van der Waals surface area contributed by atoms with E-state index < -0.39 is 0 Å². The van der Waals surface area contributed by atoms with Crippen LogP contribution in [0.5, 0.6) is 0 Å². The number of nitrogens with one attached hydrogen (secondary N) is 1. The van der Waals surface area contributed by atoms with Crippen molar-refractivity contribution < 1.29 is 0 Å². The van der Waals surface area contributed by atoms with Crippen LogP contribution in [0.3, 0.4) is 0 Å². The summed E-state index contributed by atoms with van der Waals surface area (Å²) in [5.74, 6) is 0.722. The second kappa shape index (κ2) is 5.52. The lowest BCUT2D eigenvalue weighted by molar-refractivity contribution is 0.145. The van der Waals surface area contributed by atoms with Gasteiger partial charge in [-0.1, -0.05) is 38.0 Å². The molecule has 2 heteroatoms. The number of hydrogen-bond donors (Lipinski definition) is 1. The molecule has 2 atom stereocenters. The average Bonchev–Trinajstić information content (AvgIpc) is 2.84. The minimum Gasteiger partial charge on any atom is -0.318 e. The number of aromatic nitrogens is 1. The zero-order chi connectivity index (χ0) is 16.0. The molecule has 1 N–H and O–H groups in total. The van der Waals surface area contributed by atoms with Gasteiger partial charge >= 0.3 is 0 Å². The predicted molar refractivity (Wildman–Crippen MR) is 96.3 cm³/mol. The van der Waals surface area contributed by atoms with Crippen LogP contribution in [0.15, 0.2) is 30.3 Å². The van der Waals surface area contributed by atoms with Crippen molar-refractivity contribution >= 4 is 0 Å². The molecule has 2 heterocycles. The molecule has 1 aromatic carbocycles. The van der Waals surface area contributed by atoms with Crippen LogP contribution in [0.1, 0.15) is 55.1 Å². The van der Waals surface area contributed by atoms with Crippen LogP contribution in [0, 0.1) is 19.8 Å². The molecule has 0 saturated heterocycles. The summed E-state index contributed by atoms with van der Waals surface area (Å²) in [6, 6.07) is 10.9. The highest BCUT2D eigenvalue weighted by Crippen LogP contribution is 2.47. The van der Waals surface area contributed by atoms with Gasteiger partial charge in [0.15, 0.2) is 0 Å². The molecule has 1 fully saturated rings. The van der Waals surface area contributed by atoms with Gasteiger partial charge in [0, 0.05) is 29.2 Å². The van der Waals surface area contributed by atoms with Crippen molar-refractivity contribution in [3.05, 3.63) is 52.8 Å². The van der Waals surface area contributed by atoms with Gasteiger partial charge in [-0.05, 0) is 62.3 Å². The fourth-order valence-corrected chi connectivity index (χ4v) is 5.24. The fourth-order valence-electron chi connectivity index (χ4n) is 5.24. The first-order valence-corrected chi connectivity index (χ1v) is 9.17. The van der Waals surface area contributed by atoms with Crippen LogP contribution < -0.4 is 5.32 Å². The second-order valence-corrected chi connectivity index (χ2v) is 7.49. The third-order valence-electron chi connectivity index (χ3n) is 6.35. The van der Waals surface area contributed by atoms with Crippen molar-refractivity contribution in [3.8, 4) is 5.69 Å². The molecule has 4 rings (SSSR count). The predicted octanol–water partition coefficient (Wildman–Crippen LogP) is 4.65. The Labute approximate surface area is 139 Å². The summed E-state index contributed by atoms with van der Waals surface area (Å²) in [5, 5.41) is 3.96. The van der Waals surface area contributed by atoms with Gasteiger partial charge in [0.05, 0.1) is 0 Å². The molecular weight excluding hydrogens is 280 g/mol. The molecule has 2 aromatic rings. The van der Waals surface area contributed by atoms with Gasteiger partial charge in [0.1, 0.15) is 0 Å². The lowest BCUT2D eigenvalue weighted by Gasteiger charge is -2.47. The standard InChI is InChI=1S/C21H28N2/c1-15-9-7-8-13-21(15)20-17(3)23(18-10-5-4-6-11-18)16(2)19(20)12-14-22-21/h4-6,10-11,15,22H,7-9,12-14H2,1-3H3/t15-,21+/m0/s1. The molecule has 0 amide bonds. The largest absolute Gasteiger partial charge is 0.318 e. The Hall–Kier alpha value is -1.54. The van der Waals surface area contributed by atoms with E-state index in [2.05, 4.69) is 61.0 Å². The topological polar surface area (TPSA) is 17.0 Å². The zero-order valence-corrected chi connectivity index (χ0v) is 14.7. The summed E-state index contributed by atoms with van der Waals surface area (Å²) in [4.78, 5) is 0. The Kier molecular flexibility index (Phi) is 3.60. The normalized spacial score (nSPS) is 27.2. The van der Waals surface area contributed by atoms with Crippen LogP contribution >= 0.6 is 0 Å². The smallest absolute Gasteiger partial charge is 0.0481 e.